The number of carbonyl (C=O) groups excluding carboxylic acids is 2. The molecule has 0 aromatic carbocycles. The fraction of sp³-hybridized carbons (Fsp3) is 0.600. The number of ether oxygens (including phenoxy) is 4. The van der Waals surface area contributed by atoms with Crippen LogP contribution in [-0.2, 0) is 23.7 Å². The molecular formula is C10H16O6. The van der Waals surface area contributed by atoms with Crippen molar-refractivity contribution in [3.8, 4) is 0 Å². The molecule has 6 heteroatoms. The van der Waals surface area contributed by atoms with Crippen molar-refractivity contribution in [1.82, 2.24) is 0 Å². The molecule has 0 aliphatic carbocycles. The summed E-state index contributed by atoms with van der Waals surface area (Å²) in [4.78, 5) is 21.7. The van der Waals surface area contributed by atoms with Gasteiger partial charge < -0.3 is 18.9 Å². The van der Waals surface area contributed by atoms with Crippen molar-refractivity contribution in [3.63, 3.8) is 0 Å². The lowest BCUT2D eigenvalue weighted by Crippen LogP contribution is -2.16. The molecule has 0 aromatic heterocycles. The van der Waals surface area contributed by atoms with Gasteiger partial charge in [-0.15, -0.1) is 0 Å². The van der Waals surface area contributed by atoms with Gasteiger partial charge in [0, 0.05) is 12.7 Å². The maximum Gasteiger partial charge on any atom is 0.508 e. The Kier molecular flexibility index (Phi) is 7.87. The molecule has 0 heterocycles. The summed E-state index contributed by atoms with van der Waals surface area (Å²) in [5.41, 5.74) is 0.294. The van der Waals surface area contributed by atoms with Crippen molar-refractivity contribution in [2.24, 2.45) is 0 Å². The number of methoxy groups -OCH3 is 1. The van der Waals surface area contributed by atoms with Crippen LogP contribution in [0.25, 0.3) is 0 Å². The van der Waals surface area contributed by atoms with Gasteiger partial charge in [-0.25, -0.2) is 9.59 Å². The lowest BCUT2D eigenvalue weighted by Gasteiger charge is -2.06. The second kappa shape index (κ2) is 8.72. The summed E-state index contributed by atoms with van der Waals surface area (Å²) in [6, 6.07) is 0. The van der Waals surface area contributed by atoms with Gasteiger partial charge in [0.15, 0.2) is 0 Å². The summed E-state index contributed by atoms with van der Waals surface area (Å²) in [6.45, 7) is 5.29. The molecule has 0 radical (unpaired) electrons. The predicted molar refractivity (Wildman–Crippen MR) is 54.9 cm³/mol. The molecule has 0 saturated heterocycles. The lowest BCUT2D eigenvalue weighted by molar-refractivity contribution is -0.140. The van der Waals surface area contributed by atoms with Crippen LogP contribution < -0.4 is 0 Å². The summed E-state index contributed by atoms with van der Waals surface area (Å²) < 4.78 is 18.5. The third kappa shape index (κ3) is 7.81. The maximum atomic E-state index is 10.9. The third-order valence-corrected chi connectivity index (χ3v) is 1.39. The van der Waals surface area contributed by atoms with Crippen LogP contribution in [0.3, 0.4) is 0 Å². The molecule has 0 unspecified atom stereocenters. The zero-order valence-corrected chi connectivity index (χ0v) is 9.49. The standard InChI is InChI=1S/C10H16O6/c1-8(2)9(11)14-6-7-16-10(12)15-5-4-13-3/h1,4-7H2,2-3H3. The van der Waals surface area contributed by atoms with Crippen LogP contribution in [0.1, 0.15) is 6.92 Å². The maximum absolute atomic E-state index is 10.9. The van der Waals surface area contributed by atoms with E-state index in [4.69, 9.17) is 0 Å². The Morgan fingerprint density at radius 3 is 2.00 bits per heavy atom. The molecule has 0 amide bonds. The quantitative estimate of drug-likeness (QED) is 0.369. The van der Waals surface area contributed by atoms with E-state index in [0.717, 1.165) is 0 Å². The molecule has 0 aliphatic rings. The van der Waals surface area contributed by atoms with Crippen LogP contribution in [0.5, 0.6) is 0 Å². The Labute approximate surface area is 94.1 Å². The van der Waals surface area contributed by atoms with Gasteiger partial charge in [-0.05, 0) is 6.92 Å². The highest BCUT2D eigenvalue weighted by Crippen LogP contribution is 1.92. The number of carbonyl (C=O) groups is 2. The van der Waals surface area contributed by atoms with Gasteiger partial charge in [0.2, 0.25) is 0 Å². The number of hydrogen-bond donors (Lipinski definition) is 0. The van der Waals surface area contributed by atoms with Crippen LogP contribution >= 0.6 is 0 Å². The van der Waals surface area contributed by atoms with Gasteiger partial charge in [-0.2, -0.15) is 0 Å². The zero-order chi connectivity index (χ0) is 12.4. The average molecular weight is 232 g/mol. The second-order valence-corrected chi connectivity index (χ2v) is 2.86. The average Bonchev–Trinajstić information content (AvgIpc) is 2.24. The van der Waals surface area contributed by atoms with Crippen molar-refractivity contribution in [2.45, 2.75) is 6.92 Å². The fourth-order valence-corrected chi connectivity index (χ4v) is 0.633. The summed E-state index contributed by atoms with van der Waals surface area (Å²) in [5, 5.41) is 0. The topological polar surface area (TPSA) is 71.1 Å². The SMILES string of the molecule is C=C(C)C(=O)OCCOC(=O)OCCOC. The van der Waals surface area contributed by atoms with E-state index >= 15 is 0 Å². The normalized spacial score (nSPS) is 9.38. The van der Waals surface area contributed by atoms with Crippen LogP contribution in [-0.4, -0.2) is 45.7 Å². The van der Waals surface area contributed by atoms with Gasteiger partial charge in [-0.3, -0.25) is 0 Å². The van der Waals surface area contributed by atoms with Crippen molar-refractivity contribution < 1.29 is 28.5 Å². The first-order valence-corrected chi connectivity index (χ1v) is 4.69. The highest BCUT2D eigenvalue weighted by Gasteiger charge is 2.05. The summed E-state index contributed by atoms with van der Waals surface area (Å²) in [7, 11) is 1.49. The van der Waals surface area contributed by atoms with Crippen molar-refractivity contribution in [1.29, 1.82) is 0 Å². The molecule has 0 rings (SSSR count). The number of esters is 1. The Morgan fingerprint density at radius 2 is 1.50 bits per heavy atom. The van der Waals surface area contributed by atoms with Gasteiger partial charge in [-0.1, -0.05) is 6.58 Å². The Morgan fingerprint density at radius 1 is 1.00 bits per heavy atom. The molecule has 0 aliphatic heterocycles. The summed E-state index contributed by atoms with van der Waals surface area (Å²) in [6.07, 6.45) is -0.816. The van der Waals surface area contributed by atoms with E-state index in [1.807, 2.05) is 0 Å². The van der Waals surface area contributed by atoms with Crippen LogP contribution in [0.4, 0.5) is 4.79 Å². The summed E-state index contributed by atoms with van der Waals surface area (Å²) >= 11 is 0. The molecular weight excluding hydrogens is 216 g/mol. The van der Waals surface area contributed by atoms with E-state index in [-0.39, 0.29) is 19.8 Å². The molecule has 16 heavy (non-hydrogen) atoms. The van der Waals surface area contributed by atoms with Crippen molar-refractivity contribution in [2.75, 3.05) is 33.5 Å². The van der Waals surface area contributed by atoms with E-state index in [0.29, 0.717) is 12.2 Å². The smallest absolute Gasteiger partial charge is 0.459 e. The van der Waals surface area contributed by atoms with Crippen molar-refractivity contribution in [3.05, 3.63) is 12.2 Å². The Balaban J connectivity index is 3.41. The van der Waals surface area contributed by atoms with Gasteiger partial charge in [0.25, 0.3) is 0 Å². The monoisotopic (exact) mass is 232 g/mol. The van der Waals surface area contributed by atoms with E-state index < -0.39 is 12.1 Å². The first kappa shape index (κ1) is 14.4. The van der Waals surface area contributed by atoms with Crippen LogP contribution in [0, 0.1) is 0 Å². The molecule has 0 spiro atoms. The number of hydrogen-bond acceptors (Lipinski definition) is 6. The minimum absolute atomic E-state index is 0.0227. The van der Waals surface area contributed by atoms with E-state index in [1.165, 1.54) is 14.0 Å². The molecule has 92 valence electrons. The lowest BCUT2D eigenvalue weighted by atomic mass is 10.4. The molecule has 0 N–H and O–H groups in total. The first-order chi connectivity index (χ1) is 7.57. The fourth-order valence-electron chi connectivity index (χ4n) is 0.633. The van der Waals surface area contributed by atoms with Crippen LogP contribution in [0.15, 0.2) is 12.2 Å². The minimum atomic E-state index is -0.816. The largest absolute Gasteiger partial charge is 0.508 e. The minimum Gasteiger partial charge on any atom is -0.459 e. The zero-order valence-electron chi connectivity index (χ0n) is 9.49. The third-order valence-electron chi connectivity index (χ3n) is 1.39. The summed E-state index contributed by atoms with van der Waals surface area (Å²) in [5.74, 6) is -0.517. The molecule has 0 fully saturated rings. The second-order valence-electron chi connectivity index (χ2n) is 2.86. The van der Waals surface area contributed by atoms with Gasteiger partial charge in [0.05, 0.1) is 6.61 Å². The van der Waals surface area contributed by atoms with Crippen molar-refractivity contribution >= 4 is 12.1 Å². The molecule has 0 aromatic rings. The van der Waals surface area contributed by atoms with Gasteiger partial charge in [0.1, 0.15) is 19.8 Å². The number of rotatable bonds is 7. The Bertz CT molecular complexity index is 248. The first-order valence-electron chi connectivity index (χ1n) is 4.69. The van der Waals surface area contributed by atoms with Gasteiger partial charge >= 0.3 is 12.1 Å². The van der Waals surface area contributed by atoms with E-state index in [1.54, 1.807) is 0 Å². The van der Waals surface area contributed by atoms with E-state index in [2.05, 4.69) is 25.5 Å². The molecule has 6 nitrogen and oxygen atoms in total. The van der Waals surface area contributed by atoms with E-state index in [9.17, 15) is 9.59 Å². The highest BCUT2D eigenvalue weighted by molar-refractivity contribution is 5.86. The highest BCUT2D eigenvalue weighted by atomic mass is 16.7. The molecule has 0 saturated carbocycles. The molecule has 0 bridgehead atoms. The molecule has 0 atom stereocenters. The van der Waals surface area contributed by atoms with Crippen LogP contribution in [0.2, 0.25) is 0 Å². The Hall–Kier alpha value is -1.56. The predicted octanol–water partition coefficient (Wildman–Crippen LogP) is 0.905.